The highest BCUT2D eigenvalue weighted by molar-refractivity contribution is 5.60. The minimum Gasteiger partial charge on any atom is -0.391 e. The molecule has 1 aromatic heterocycles. The molecule has 0 saturated carbocycles. The normalized spacial score (nSPS) is 17.8. The summed E-state index contributed by atoms with van der Waals surface area (Å²) in [6, 6.07) is 8.53. The molecule has 1 aromatic carbocycles. The first-order chi connectivity index (χ1) is 9.25. The zero-order valence-electron chi connectivity index (χ0n) is 10.5. The lowest BCUT2D eigenvalue weighted by molar-refractivity contribution is 0.598. The van der Waals surface area contributed by atoms with Gasteiger partial charge in [-0.1, -0.05) is 24.3 Å². The molecule has 0 fully saturated rings. The number of benzene rings is 1. The third-order valence-electron chi connectivity index (χ3n) is 3.57. The van der Waals surface area contributed by atoms with E-state index < -0.39 is 0 Å². The number of nitrogens with two attached hydrogens (primary N) is 1. The maximum absolute atomic E-state index is 11.5. The topological polar surface area (TPSA) is 83.8 Å². The molecule has 98 valence electrons. The van der Waals surface area contributed by atoms with Crippen LogP contribution in [-0.2, 0) is 6.42 Å². The van der Waals surface area contributed by atoms with E-state index in [0.717, 1.165) is 19.3 Å². The Kier molecular flexibility index (Phi) is 2.95. The van der Waals surface area contributed by atoms with Gasteiger partial charge in [-0.3, -0.25) is 4.79 Å². The van der Waals surface area contributed by atoms with Crippen LogP contribution < -0.4 is 16.6 Å². The van der Waals surface area contributed by atoms with Gasteiger partial charge in [0.25, 0.3) is 5.56 Å². The highest BCUT2D eigenvalue weighted by Crippen LogP contribution is 2.32. The Morgan fingerprint density at radius 3 is 3.11 bits per heavy atom. The number of nitrogen functional groups attached to an aromatic ring is 1. The van der Waals surface area contributed by atoms with Gasteiger partial charge in [-0.15, -0.1) is 0 Å². The molecule has 5 heteroatoms. The molecular formula is C14H16N4O. The van der Waals surface area contributed by atoms with Crippen molar-refractivity contribution in [2.24, 2.45) is 0 Å². The number of aryl methyl sites for hydroxylation is 1. The fraction of sp³-hybridized carbons (Fsp3) is 0.286. The van der Waals surface area contributed by atoms with Crippen molar-refractivity contribution in [2.45, 2.75) is 25.3 Å². The van der Waals surface area contributed by atoms with Gasteiger partial charge in [0, 0.05) is 0 Å². The number of anilines is 2. The molecule has 0 spiro atoms. The van der Waals surface area contributed by atoms with Gasteiger partial charge in [0.15, 0.2) is 5.82 Å². The minimum absolute atomic E-state index is 0.144. The second-order valence-electron chi connectivity index (χ2n) is 4.78. The fourth-order valence-corrected chi connectivity index (χ4v) is 2.59. The van der Waals surface area contributed by atoms with Crippen molar-refractivity contribution in [3.05, 3.63) is 52.1 Å². The number of rotatable bonds is 2. The third kappa shape index (κ3) is 2.19. The maximum atomic E-state index is 11.5. The van der Waals surface area contributed by atoms with Crippen LogP contribution in [0.1, 0.15) is 30.0 Å². The quantitative estimate of drug-likeness (QED) is 0.765. The smallest absolute Gasteiger partial charge is 0.276 e. The minimum atomic E-state index is -0.304. The number of hydrogen-bond donors (Lipinski definition) is 3. The lowest BCUT2D eigenvalue weighted by Crippen LogP contribution is -2.21. The molecular weight excluding hydrogens is 240 g/mol. The predicted octanol–water partition coefficient (Wildman–Crippen LogP) is 1.84. The van der Waals surface area contributed by atoms with Crippen LogP contribution in [0.4, 0.5) is 11.5 Å². The van der Waals surface area contributed by atoms with Gasteiger partial charge in [-0.2, -0.15) is 0 Å². The third-order valence-corrected chi connectivity index (χ3v) is 3.57. The summed E-state index contributed by atoms with van der Waals surface area (Å²) in [5.41, 5.74) is 8.22. The molecule has 19 heavy (non-hydrogen) atoms. The molecule has 1 heterocycles. The molecule has 0 aliphatic heterocycles. The first-order valence-electron chi connectivity index (χ1n) is 6.43. The van der Waals surface area contributed by atoms with Crippen molar-refractivity contribution >= 4 is 11.5 Å². The van der Waals surface area contributed by atoms with Gasteiger partial charge in [-0.05, 0) is 30.4 Å². The summed E-state index contributed by atoms with van der Waals surface area (Å²) in [4.78, 5) is 18.0. The van der Waals surface area contributed by atoms with Gasteiger partial charge in [0.2, 0.25) is 0 Å². The number of fused-ring (bicyclic) bond motifs is 1. The molecule has 1 aliphatic carbocycles. The average molecular weight is 256 g/mol. The summed E-state index contributed by atoms with van der Waals surface area (Å²) in [6.07, 6.45) is 4.62. The lowest BCUT2D eigenvalue weighted by atomic mass is 9.88. The zero-order chi connectivity index (χ0) is 13.2. The monoisotopic (exact) mass is 256 g/mol. The maximum Gasteiger partial charge on any atom is 0.276 e. The van der Waals surface area contributed by atoms with Crippen LogP contribution in [0.3, 0.4) is 0 Å². The van der Waals surface area contributed by atoms with Crippen LogP contribution in [0.5, 0.6) is 0 Å². The van der Waals surface area contributed by atoms with Gasteiger partial charge < -0.3 is 16.0 Å². The molecule has 4 N–H and O–H groups in total. The van der Waals surface area contributed by atoms with Crippen molar-refractivity contribution in [3.63, 3.8) is 0 Å². The van der Waals surface area contributed by atoms with Crippen molar-refractivity contribution in [1.29, 1.82) is 0 Å². The molecule has 0 amide bonds. The second-order valence-corrected chi connectivity index (χ2v) is 4.78. The van der Waals surface area contributed by atoms with Crippen LogP contribution in [-0.4, -0.2) is 9.97 Å². The van der Waals surface area contributed by atoms with Crippen LogP contribution in [0.15, 0.2) is 35.4 Å². The SMILES string of the molecule is Nc1c(NC2CCCc3ccccc32)nc[nH]c1=O. The summed E-state index contributed by atoms with van der Waals surface area (Å²) in [7, 11) is 0. The number of H-pyrrole nitrogens is 1. The molecule has 1 aliphatic rings. The van der Waals surface area contributed by atoms with E-state index in [-0.39, 0.29) is 17.3 Å². The predicted molar refractivity (Wildman–Crippen MR) is 75.0 cm³/mol. The molecule has 0 saturated heterocycles. The van der Waals surface area contributed by atoms with Crippen molar-refractivity contribution in [3.8, 4) is 0 Å². The number of hydrogen-bond acceptors (Lipinski definition) is 4. The lowest BCUT2D eigenvalue weighted by Gasteiger charge is -2.27. The Bertz CT molecular complexity index is 650. The highest BCUT2D eigenvalue weighted by Gasteiger charge is 2.20. The van der Waals surface area contributed by atoms with Crippen LogP contribution >= 0.6 is 0 Å². The number of nitrogens with zero attached hydrogens (tertiary/aromatic N) is 1. The standard InChI is InChI=1S/C14H16N4O/c15-12-13(16-8-17-14(12)19)18-11-7-3-5-9-4-1-2-6-10(9)11/h1-2,4,6,8,11H,3,5,7,15H2,(H2,16,17,18,19). The Labute approximate surface area is 110 Å². The van der Waals surface area contributed by atoms with E-state index in [1.54, 1.807) is 0 Å². The summed E-state index contributed by atoms with van der Waals surface area (Å²) in [6.45, 7) is 0. The molecule has 3 rings (SSSR count). The van der Waals surface area contributed by atoms with Crippen molar-refractivity contribution < 1.29 is 0 Å². The number of aromatic nitrogens is 2. The van der Waals surface area contributed by atoms with E-state index in [9.17, 15) is 4.79 Å². The Balaban J connectivity index is 1.93. The van der Waals surface area contributed by atoms with Gasteiger partial charge >= 0.3 is 0 Å². The van der Waals surface area contributed by atoms with Crippen LogP contribution in [0, 0.1) is 0 Å². The van der Waals surface area contributed by atoms with Crippen LogP contribution in [0.25, 0.3) is 0 Å². The van der Waals surface area contributed by atoms with E-state index >= 15 is 0 Å². The van der Waals surface area contributed by atoms with Crippen molar-refractivity contribution in [2.75, 3.05) is 11.1 Å². The molecule has 1 unspecified atom stereocenters. The molecule has 0 bridgehead atoms. The van der Waals surface area contributed by atoms with E-state index in [4.69, 9.17) is 5.73 Å². The summed E-state index contributed by atoms with van der Waals surface area (Å²) in [5, 5.41) is 3.29. The van der Waals surface area contributed by atoms with Gasteiger partial charge in [0.05, 0.1) is 12.4 Å². The average Bonchev–Trinajstić information content (AvgIpc) is 2.44. The molecule has 2 aromatic rings. The second kappa shape index (κ2) is 4.76. The van der Waals surface area contributed by atoms with E-state index in [1.165, 1.54) is 17.5 Å². The number of nitrogens with one attached hydrogen (secondary N) is 2. The Morgan fingerprint density at radius 1 is 1.37 bits per heavy atom. The largest absolute Gasteiger partial charge is 0.391 e. The van der Waals surface area contributed by atoms with Crippen LogP contribution in [0.2, 0.25) is 0 Å². The van der Waals surface area contributed by atoms with E-state index in [2.05, 4.69) is 33.5 Å². The van der Waals surface area contributed by atoms with E-state index in [0.29, 0.717) is 5.82 Å². The Hall–Kier alpha value is -2.30. The summed E-state index contributed by atoms with van der Waals surface area (Å²) < 4.78 is 0. The molecule has 0 radical (unpaired) electrons. The summed E-state index contributed by atoms with van der Waals surface area (Å²) >= 11 is 0. The number of aromatic amines is 1. The van der Waals surface area contributed by atoms with E-state index in [1.807, 2.05) is 6.07 Å². The zero-order valence-corrected chi connectivity index (χ0v) is 10.5. The first-order valence-corrected chi connectivity index (χ1v) is 6.43. The fourth-order valence-electron chi connectivity index (χ4n) is 2.59. The first kappa shape index (κ1) is 11.8. The Morgan fingerprint density at radius 2 is 2.21 bits per heavy atom. The van der Waals surface area contributed by atoms with Gasteiger partial charge in [0.1, 0.15) is 5.69 Å². The molecule has 1 atom stereocenters. The summed E-state index contributed by atoms with van der Waals surface area (Å²) in [5.74, 6) is 0.463. The highest BCUT2D eigenvalue weighted by atomic mass is 16.1. The molecule has 5 nitrogen and oxygen atoms in total. The van der Waals surface area contributed by atoms with Crippen molar-refractivity contribution in [1.82, 2.24) is 9.97 Å². The van der Waals surface area contributed by atoms with Gasteiger partial charge in [-0.25, -0.2) is 4.98 Å².